The van der Waals surface area contributed by atoms with E-state index in [1.54, 1.807) is 0 Å². The third kappa shape index (κ3) is 3.78. The van der Waals surface area contributed by atoms with Crippen molar-refractivity contribution in [3.8, 4) is 0 Å². The maximum atomic E-state index is 4.52. The van der Waals surface area contributed by atoms with Crippen molar-refractivity contribution < 1.29 is 0 Å². The summed E-state index contributed by atoms with van der Waals surface area (Å²) in [4.78, 5) is 4.36. The van der Waals surface area contributed by atoms with Crippen molar-refractivity contribution in [1.29, 1.82) is 0 Å². The molecule has 0 N–H and O–H groups in total. The molecule has 33 heavy (non-hydrogen) atoms. The number of hydrogen-bond donors (Lipinski definition) is 0. The van der Waals surface area contributed by atoms with Gasteiger partial charge in [0.05, 0.1) is 0 Å². The Hall–Kier alpha value is -3.26. The number of benzene rings is 4. The van der Waals surface area contributed by atoms with Gasteiger partial charge in [0, 0.05) is 0 Å². The zero-order valence-electron chi connectivity index (χ0n) is 18.1. The predicted molar refractivity (Wildman–Crippen MR) is 146 cm³/mol. The van der Waals surface area contributed by atoms with Gasteiger partial charge in [0.1, 0.15) is 0 Å². The summed E-state index contributed by atoms with van der Waals surface area (Å²) in [7, 11) is 0. The van der Waals surface area contributed by atoms with E-state index in [2.05, 4.69) is 152 Å². The number of imidazole rings is 1. The molecule has 4 heteroatoms. The third-order valence-corrected chi connectivity index (χ3v) is 15.0. The van der Waals surface area contributed by atoms with E-state index >= 15 is 0 Å². The van der Waals surface area contributed by atoms with Gasteiger partial charge in [-0.2, -0.15) is 0 Å². The van der Waals surface area contributed by atoms with Crippen molar-refractivity contribution >= 4 is 42.4 Å². The average Bonchev–Trinajstić information content (AvgIpc) is 3.44. The Morgan fingerprint density at radius 1 is 0.636 bits per heavy atom. The van der Waals surface area contributed by atoms with E-state index in [0.29, 0.717) is 0 Å². The first-order valence-electron chi connectivity index (χ1n) is 10.9. The van der Waals surface area contributed by atoms with E-state index in [-0.39, 0.29) is 0 Å². The van der Waals surface area contributed by atoms with E-state index in [4.69, 9.17) is 0 Å². The molecule has 5 rings (SSSR count). The molecule has 0 unspecified atom stereocenters. The van der Waals surface area contributed by atoms with E-state index < -0.39 is 5.31 Å². The molecular formula is C29H24BrN2P. The molecule has 0 bridgehead atoms. The topological polar surface area (TPSA) is 17.8 Å². The van der Waals surface area contributed by atoms with Gasteiger partial charge in [0.2, 0.25) is 0 Å². The molecule has 0 saturated heterocycles. The molecule has 0 spiro atoms. The molecular weight excluding hydrogens is 487 g/mol. The van der Waals surface area contributed by atoms with Crippen molar-refractivity contribution in [1.82, 2.24) is 9.55 Å². The normalized spacial score (nSPS) is 13.2. The van der Waals surface area contributed by atoms with E-state index in [9.17, 15) is 0 Å². The fourth-order valence-corrected chi connectivity index (χ4v) is 11.4. The summed E-state index contributed by atoms with van der Waals surface area (Å²) in [6.07, 6.45) is 5.70. The Kier molecular flexibility index (Phi) is 5.85. The van der Waals surface area contributed by atoms with Gasteiger partial charge in [0.25, 0.3) is 0 Å². The molecule has 1 heterocycles. The molecule has 0 amide bonds. The molecule has 5 aromatic rings. The molecule has 0 aliphatic rings. The summed E-state index contributed by atoms with van der Waals surface area (Å²) in [5.74, 6) is 2.45. The summed E-state index contributed by atoms with van der Waals surface area (Å²) >= 11 is 4.52. The number of aromatic nitrogens is 2. The third-order valence-electron chi connectivity index (χ3n) is 6.00. The number of nitrogens with zero attached hydrogens (tertiary/aromatic N) is 2. The van der Waals surface area contributed by atoms with Crippen molar-refractivity contribution in [2.75, 3.05) is 0 Å². The van der Waals surface area contributed by atoms with Crippen LogP contribution in [0.2, 0.25) is 0 Å². The van der Waals surface area contributed by atoms with Gasteiger partial charge in [0.15, 0.2) is 0 Å². The second-order valence-electron chi connectivity index (χ2n) is 7.93. The van der Waals surface area contributed by atoms with Gasteiger partial charge in [-0.25, -0.2) is 0 Å². The molecule has 0 saturated carbocycles. The van der Waals surface area contributed by atoms with Gasteiger partial charge in [-0.05, 0) is 0 Å². The summed E-state index contributed by atoms with van der Waals surface area (Å²) in [5.41, 5.74) is 2.21. The van der Waals surface area contributed by atoms with Crippen LogP contribution in [0.3, 0.4) is 0 Å². The van der Waals surface area contributed by atoms with Crippen LogP contribution in [0.5, 0.6) is 0 Å². The average molecular weight is 511 g/mol. The first-order valence-corrected chi connectivity index (χ1v) is 15.2. The molecule has 1 aromatic heterocycles. The van der Waals surface area contributed by atoms with Crippen molar-refractivity contribution in [2.45, 2.75) is 0 Å². The summed E-state index contributed by atoms with van der Waals surface area (Å²) in [6.45, 7) is 0. The number of rotatable bonds is 6. The minimum atomic E-state index is -3.25. The van der Waals surface area contributed by atoms with Gasteiger partial charge in [-0.3, -0.25) is 0 Å². The van der Waals surface area contributed by atoms with Crippen molar-refractivity contribution in [3.63, 3.8) is 0 Å². The quantitative estimate of drug-likeness (QED) is 0.236. The SMILES string of the molecule is BrP(C=C(c1ccccc1)n1ccnc1)(c1ccccc1)(c1ccccc1)c1ccccc1. The zero-order valence-corrected chi connectivity index (χ0v) is 20.6. The van der Waals surface area contributed by atoms with Crippen LogP contribution in [0, 0.1) is 0 Å². The number of hydrogen-bond acceptors (Lipinski definition) is 1. The van der Waals surface area contributed by atoms with Crippen LogP contribution in [0.4, 0.5) is 0 Å². The van der Waals surface area contributed by atoms with Crippen LogP contribution in [0.1, 0.15) is 5.56 Å². The Morgan fingerprint density at radius 2 is 1.06 bits per heavy atom. The minimum absolute atomic E-state index is 1.08. The van der Waals surface area contributed by atoms with Crippen LogP contribution >= 0.6 is 20.8 Å². The van der Waals surface area contributed by atoms with Crippen LogP contribution in [-0.2, 0) is 0 Å². The van der Waals surface area contributed by atoms with Crippen LogP contribution < -0.4 is 15.9 Å². The van der Waals surface area contributed by atoms with Gasteiger partial charge in [-0.15, -0.1) is 0 Å². The molecule has 0 atom stereocenters. The Morgan fingerprint density at radius 3 is 1.45 bits per heavy atom. The van der Waals surface area contributed by atoms with Gasteiger partial charge in [-0.1, -0.05) is 0 Å². The Bertz CT molecular complexity index is 1250. The van der Waals surface area contributed by atoms with E-state index in [1.165, 1.54) is 15.9 Å². The van der Waals surface area contributed by atoms with Gasteiger partial charge >= 0.3 is 203 Å². The second kappa shape index (κ2) is 8.94. The molecule has 0 aliphatic carbocycles. The summed E-state index contributed by atoms with van der Waals surface area (Å²) in [6, 6.07) is 42.9. The fourth-order valence-electron chi connectivity index (χ4n) is 4.36. The molecule has 162 valence electrons. The first kappa shape index (κ1) is 21.6. The molecule has 4 aromatic carbocycles. The summed E-state index contributed by atoms with van der Waals surface area (Å²) < 4.78 is 2.10. The molecule has 2 nitrogen and oxygen atoms in total. The fraction of sp³-hybridized carbons (Fsp3) is 0. The standard InChI is InChI=1S/C29H24BrN2P/c30-33(26-15-7-2-8-16-26,27-17-9-3-10-18-27,28-19-11-4-12-20-28)23-29(32-22-21-31-24-32)25-13-5-1-6-14-25/h1-24H. The Labute approximate surface area is 202 Å². The first-order chi connectivity index (χ1) is 16.2. The number of halogens is 1. The second-order valence-corrected chi connectivity index (χ2v) is 16.3. The Balaban J connectivity index is 1.96. The summed E-state index contributed by atoms with van der Waals surface area (Å²) in [5, 5.41) is 0.487. The molecule has 0 fully saturated rings. The van der Waals surface area contributed by atoms with Crippen LogP contribution in [0.15, 0.2) is 146 Å². The molecule has 0 radical (unpaired) electrons. The molecule has 0 aliphatic heterocycles. The maximum absolute atomic E-state index is 4.52. The van der Waals surface area contributed by atoms with Crippen molar-refractivity contribution in [2.24, 2.45) is 0 Å². The van der Waals surface area contributed by atoms with Gasteiger partial charge < -0.3 is 0 Å². The monoisotopic (exact) mass is 510 g/mol. The van der Waals surface area contributed by atoms with Crippen molar-refractivity contribution in [3.05, 3.63) is 151 Å². The van der Waals surface area contributed by atoms with E-state index in [1.807, 2.05) is 18.7 Å². The zero-order chi connectivity index (χ0) is 22.6. The van der Waals surface area contributed by atoms with Crippen LogP contribution in [0.25, 0.3) is 5.70 Å². The predicted octanol–water partition coefficient (Wildman–Crippen LogP) is 6.57. The van der Waals surface area contributed by atoms with E-state index in [0.717, 1.165) is 11.3 Å². The van der Waals surface area contributed by atoms with Crippen LogP contribution in [-0.4, -0.2) is 9.55 Å².